The molecular weight excluding hydrogens is 303 g/mol. The molecule has 0 heterocycles. The monoisotopic (exact) mass is 314 g/mol. The van der Waals surface area contributed by atoms with Crippen LogP contribution in [0.5, 0.6) is 0 Å². The summed E-state index contributed by atoms with van der Waals surface area (Å²) in [5, 5.41) is 11.8. The summed E-state index contributed by atoms with van der Waals surface area (Å²) in [6, 6.07) is 12.9. The molecule has 19 heavy (non-hydrogen) atoms. The summed E-state index contributed by atoms with van der Waals surface area (Å²) in [5.41, 5.74) is 1.98. The summed E-state index contributed by atoms with van der Waals surface area (Å²) in [6.45, 7) is 0. The molecule has 0 spiro atoms. The second-order valence-electron chi connectivity index (χ2n) is 4.44. The lowest BCUT2D eigenvalue weighted by atomic mass is 10.0. The van der Waals surface area contributed by atoms with E-state index >= 15 is 0 Å². The van der Waals surface area contributed by atoms with Crippen LogP contribution in [0.3, 0.4) is 0 Å². The zero-order chi connectivity index (χ0) is 13.8. The van der Waals surface area contributed by atoms with Crippen LogP contribution < -0.4 is 0 Å². The summed E-state index contributed by atoms with van der Waals surface area (Å²) in [5.74, 6) is 0. The van der Waals surface area contributed by atoms with Gasteiger partial charge in [0.2, 0.25) is 0 Å². The van der Waals surface area contributed by atoms with Crippen LogP contribution in [0.4, 0.5) is 0 Å². The lowest BCUT2D eigenvalue weighted by Crippen LogP contribution is -2.13. The van der Waals surface area contributed by atoms with E-state index in [1.807, 2.05) is 30.3 Å². The van der Waals surface area contributed by atoms with Crippen molar-refractivity contribution in [1.29, 1.82) is 0 Å². The molecule has 0 saturated heterocycles. The molecule has 0 aromatic heterocycles. The molecule has 2 aromatic carbocycles. The van der Waals surface area contributed by atoms with Crippen molar-refractivity contribution in [3.63, 3.8) is 0 Å². The quantitative estimate of drug-likeness (QED) is 0.860. The standard InChI is InChI=1S/C15H13Cl3O/c16-12-3-1-2-10(6-12)7-13(19)8-11-4-5-14(17)15(18)9-11/h1-6,9,13,19H,7-8H2. The predicted molar refractivity (Wildman–Crippen MR) is 81.3 cm³/mol. The van der Waals surface area contributed by atoms with Gasteiger partial charge in [0.25, 0.3) is 0 Å². The zero-order valence-corrected chi connectivity index (χ0v) is 12.4. The molecule has 0 saturated carbocycles. The maximum absolute atomic E-state index is 10.1. The molecule has 0 aliphatic carbocycles. The van der Waals surface area contributed by atoms with Gasteiger partial charge in [-0.05, 0) is 48.2 Å². The van der Waals surface area contributed by atoms with E-state index in [1.165, 1.54) is 0 Å². The molecule has 2 aromatic rings. The molecule has 100 valence electrons. The van der Waals surface area contributed by atoms with Crippen LogP contribution in [0.1, 0.15) is 11.1 Å². The lowest BCUT2D eigenvalue weighted by molar-refractivity contribution is 0.175. The van der Waals surface area contributed by atoms with Crippen molar-refractivity contribution in [3.05, 3.63) is 68.7 Å². The smallest absolute Gasteiger partial charge is 0.0620 e. The molecule has 1 nitrogen and oxygen atoms in total. The van der Waals surface area contributed by atoms with Gasteiger partial charge in [0, 0.05) is 5.02 Å². The van der Waals surface area contributed by atoms with Crippen LogP contribution in [-0.4, -0.2) is 11.2 Å². The fourth-order valence-electron chi connectivity index (χ4n) is 1.95. The molecule has 0 fully saturated rings. The first-order chi connectivity index (χ1) is 9.04. The molecular formula is C15H13Cl3O. The van der Waals surface area contributed by atoms with Crippen molar-refractivity contribution in [3.8, 4) is 0 Å². The topological polar surface area (TPSA) is 20.2 Å². The summed E-state index contributed by atoms with van der Waals surface area (Å²) >= 11 is 17.7. The molecule has 0 bridgehead atoms. The average molecular weight is 316 g/mol. The van der Waals surface area contributed by atoms with Crippen molar-refractivity contribution in [2.45, 2.75) is 18.9 Å². The Morgan fingerprint density at radius 3 is 2.16 bits per heavy atom. The van der Waals surface area contributed by atoms with Gasteiger partial charge in [-0.3, -0.25) is 0 Å². The Bertz CT molecular complexity index is 569. The number of halogens is 3. The normalized spacial score (nSPS) is 12.4. The third-order valence-corrected chi connectivity index (χ3v) is 3.79. The van der Waals surface area contributed by atoms with E-state index in [-0.39, 0.29) is 0 Å². The van der Waals surface area contributed by atoms with Crippen LogP contribution in [-0.2, 0) is 12.8 Å². The van der Waals surface area contributed by atoms with Gasteiger partial charge in [-0.2, -0.15) is 0 Å². The number of aliphatic hydroxyl groups excluding tert-OH is 1. The van der Waals surface area contributed by atoms with E-state index in [4.69, 9.17) is 34.8 Å². The third kappa shape index (κ3) is 4.39. The van der Waals surface area contributed by atoms with E-state index in [0.29, 0.717) is 27.9 Å². The van der Waals surface area contributed by atoms with Crippen molar-refractivity contribution in [2.75, 3.05) is 0 Å². The van der Waals surface area contributed by atoms with Crippen LogP contribution in [0.15, 0.2) is 42.5 Å². The second-order valence-corrected chi connectivity index (χ2v) is 5.69. The fraction of sp³-hybridized carbons (Fsp3) is 0.200. The van der Waals surface area contributed by atoms with Gasteiger partial charge in [0.05, 0.1) is 16.1 Å². The summed E-state index contributed by atoms with van der Waals surface area (Å²) in [7, 11) is 0. The highest BCUT2D eigenvalue weighted by Gasteiger charge is 2.08. The van der Waals surface area contributed by atoms with E-state index in [9.17, 15) is 5.11 Å². The van der Waals surface area contributed by atoms with E-state index in [1.54, 1.807) is 12.1 Å². The number of benzene rings is 2. The first kappa shape index (κ1) is 14.7. The molecule has 1 atom stereocenters. The molecule has 2 rings (SSSR count). The van der Waals surface area contributed by atoms with Crippen molar-refractivity contribution < 1.29 is 5.11 Å². The van der Waals surface area contributed by atoms with Crippen LogP contribution in [0.25, 0.3) is 0 Å². The van der Waals surface area contributed by atoms with Crippen LogP contribution in [0.2, 0.25) is 15.1 Å². The van der Waals surface area contributed by atoms with E-state index in [2.05, 4.69) is 0 Å². The van der Waals surface area contributed by atoms with Gasteiger partial charge < -0.3 is 5.11 Å². The Labute approximate surface area is 127 Å². The van der Waals surface area contributed by atoms with E-state index < -0.39 is 6.10 Å². The lowest BCUT2D eigenvalue weighted by Gasteiger charge is -2.11. The summed E-state index contributed by atoms with van der Waals surface area (Å²) in [4.78, 5) is 0. The Balaban J connectivity index is 2.01. The van der Waals surface area contributed by atoms with Gasteiger partial charge in [-0.25, -0.2) is 0 Å². The Morgan fingerprint density at radius 2 is 1.53 bits per heavy atom. The first-order valence-corrected chi connectivity index (χ1v) is 7.04. The SMILES string of the molecule is OC(Cc1cccc(Cl)c1)Cc1ccc(Cl)c(Cl)c1. The molecule has 4 heteroatoms. The van der Waals surface area contributed by atoms with Crippen molar-refractivity contribution in [1.82, 2.24) is 0 Å². The second kappa shape index (κ2) is 6.62. The third-order valence-electron chi connectivity index (χ3n) is 2.82. The minimum absolute atomic E-state index is 0.476. The summed E-state index contributed by atoms with van der Waals surface area (Å²) in [6.07, 6.45) is 0.611. The molecule has 1 N–H and O–H groups in total. The molecule has 0 aliphatic heterocycles. The van der Waals surface area contributed by atoms with Gasteiger partial charge in [0.1, 0.15) is 0 Å². The van der Waals surface area contributed by atoms with Gasteiger partial charge >= 0.3 is 0 Å². The zero-order valence-electron chi connectivity index (χ0n) is 10.1. The number of rotatable bonds is 4. The molecule has 0 radical (unpaired) electrons. The molecule has 0 aliphatic rings. The number of aliphatic hydroxyl groups is 1. The van der Waals surface area contributed by atoms with Crippen molar-refractivity contribution >= 4 is 34.8 Å². The van der Waals surface area contributed by atoms with Gasteiger partial charge in [0.15, 0.2) is 0 Å². The van der Waals surface area contributed by atoms with Gasteiger partial charge in [-0.1, -0.05) is 53.0 Å². The summed E-state index contributed by atoms with van der Waals surface area (Å²) < 4.78 is 0. The Kier molecular flexibility index (Phi) is 5.12. The maximum atomic E-state index is 10.1. The van der Waals surface area contributed by atoms with Gasteiger partial charge in [-0.15, -0.1) is 0 Å². The average Bonchev–Trinajstić information content (AvgIpc) is 2.34. The maximum Gasteiger partial charge on any atom is 0.0620 e. The number of hydrogen-bond donors (Lipinski definition) is 1. The fourth-order valence-corrected chi connectivity index (χ4v) is 2.48. The highest BCUT2D eigenvalue weighted by molar-refractivity contribution is 6.42. The van der Waals surface area contributed by atoms with Crippen molar-refractivity contribution in [2.24, 2.45) is 0 Å². The highest BCUT2D eigenvalue weighted by atomic mass is 35.5. The first-order valence-electron chi connectivity index (χ1n) is 5.91. The molecule has 0 amide bonds. The Hall–Kier alpha value is -0.730. The largest absolute Gasteiger partial charge is 0.392 e. The molecule has 1 unspecified atom stereocenters. The van der Waals surface area contributed by atoms with Crippen LogP contribution >= 0.6 is 34.8 Å². The van der Waals surface area contributed by atoms with Crippen LogP contribution in [0, 0.1) is 0 Å². The minimum atomic E-state index is -0.476. The number of hydrogen-bond acceptors (Lipinski definition) is 1. The minimum Gasteiger partial charge on any atom is -0.392 e. The Morgan fingerprint density at radius 1 is 0.842 bits per heavy atom. The van der Waals surface area contributed by atoms with E-state index in [0.717, 1.165) is 11.1 Å². The predicted octanol–water partition coefficient (Wildman–Crippen LogP) is 4.79. The highest BCUT2D eigenvalue weighted by Crippen LogP contribution is 2.23.